The van der Waals surface area contributed by atoms with Crippen LogP contribution in [0.4, 0.5) is 14.5 Å². The summed E-state index contributed by atoms with van der Waals surface area (Å²) in [5.74, 6) is -2.01. The summed E-state index contributed by atoms with van der Waals surface area (Å²) in [4.78, 5) is 0. The molecular formula is C13H11F2NO2. The zero-order chi connectivity index (χ0) is 13.1. The zero-order valence-corrected chi connectivity index (χ0v) is 9.32. The van der Waals surface area contributed by atoms with E-state index >= 15 is 0 Å². The molecule has 0 atom stereocenters. The van der Waals surface area contributed by atoms with Gasteiger partial charge in [0.15, 0.2) is 11.5 Å². The van der Waals surface area contributed by atoms with Crippen molar-refractivity contribution in [3.05, 3.63) is 53.6 Å². The molecule has 2 aromatic carbocycles. The van der Waals surface area contributed by atoms with Crippen LogP contribution in [0.2, 0.25) is 0 Å². The number of anilines is 1. The number of aromatic hydroxyl groups is 2. The van der Waals surface area contributed by atoms with E-state index in [2.05, 4.69) is 5.32 Å². The Hall–Kier alpha value is -2.30. The summed E-state index contributed by atoms with van der Waals surface area (Å²) < 4.78 is 26.6. The molecule has 0 heterocycles. The molecule has 3 N–H and O–H groups in total. The lowest BCUT2D eigenvalue weighted by molar-refractivity contribution is 0.400. The molecule has 18 heavy (non-hydrogen) atoms. The predicted octanol–water partition coefficient (Wildman–Crippen LogP) is 2.99. The maximum Gasteiger partial charge on any atom is 0.162 e. The molecular weight excluding hydrogens is 240 g/mol. The molecule has 2 aromatic rings. The highest BCUT2D eigenvalue weighted by atomic mass is 19.1. The van der Waals surface area contributed by atoms with Crippen molar-refractivity contribution in [2.45, 2.75) is 6.54 Å². The summed E-state index contributed by atoms with van der Waals surface area (Å²) in [6.45, 7) is -0.00190. The molecule has 5 heteroatoms. The number of phenols is 2. The van der Waals surface area contributed by atoms with Crippen molar-refractivity contribution in [2.24, 2.45) is 0 Å². The van der Waals surface area contributed by atoms with Crippen molar-refractivity contribution < 1.29 is 19.0 Å². The fourth-order valence-corrected chi connectivity index (χ4v) is 1.57. The third-order valence-corrected chi connectivity index (χ3v) is 2.52. The fourth-order valence-electron chi connectivity index (χ4n) is 1.57. The molecule has 0 spiro atoms. The van der Waals surface area contributed by atoms with E-state index in [1.165, 1.54) is 18.2 Å². The number of nitrogens with one attached hydrogen (secondary N) is 1. The minimum Gasteiger partial charge on any atom is -0.504 e. The van der Waals surface area contributed by atoms with Gasteiger partial charge in [-0.1, -0.05) is 18.2 Å². The van der Waals surface area contributed by atoms with Crippen LogP contribution in [0, 0.1) is 11.6 Å². The first-order valence-corrected chi connectivity index (χ1v) is 5.27. The summed E-state index contributed by atoms with van der Waals surface area (Å²) in [5, 5.41) is 21.4. The zero-order valence-electron chi connectivity index (χ0n) is 9.32. The highest BCUT2D eigenvalue weighted by molar-refractivity contribution is 5.50. The molecule has 0 saturated carbocycles. The second-order valence-electron chi connectivity index (χ2n) is 3.74. The molecule has 0 radical (unpaired) electrons. The topological polar surface area (TPSA) is 52.5 Å². The van der Waals surface area contributed by atoms with Gasteiger partial charge in [0.05, 0.1) is 0 Å². The van der Waals surface area contributed by atoms with Gasteiger partial charge in [0.2, 0.25) is 0 Å². The van der Waals surface area contributed by atoms with Gasteiger partial charge in [0.25, 0.3) is 0 Å². The lowest BCUT2D eigenvalue weighted by atomic mass is 10.2. The van der Waals surface area contributed by atoms with Crippen molar-refractivity contribution in [1.82, 2.24) is 0 Å². The van der Waals surface area contributed by atoms with E-state index < -0.39 is 11.6 Å². The monoisotopic (exact) mass is 251 g/mol. The van der Waals surface area contributed by atoms with Crippen molar-refractivity contribution in [3.8, 4) is 11.5 Å². The third-order valence-electron chi connectivity index (χ3n) is 2.52. The molecule has 0 unspecified atom stereocenters. The van der Waals surface area contributed by atoms with Gasteiger partial charge in [0, 0.05) is 12.1 Å². The van der Waals surface area contributed by atoms with E-state index in [1.807, 2.05) is 0 Å². The summed E-state index contributed by atoms with van der Waals surface area (Å²) in [5.41, 5.74) is 0.0814. The summed E-state index contributed by atoms with van der Waals surface area (Å²) in [6.07, 6.45) is 0. The van der Waals surface area contributed by atoms with Gasteiger partial charge < -0.3 is 15.5 Å². The van der Waals surface area contributed by atoms with Crippen LogP contribution in [0.3, 0.4) is 0 Å². The lowest BCUT2D eigenvalue weighted by Crippen LogP contribution is -2.03. The molecule has 0 amide bonds. The number of benzene rings is 2. The van der Waals surface area contributed by atoms with Gasteiger partial charge in [-0.25, -0.2) is 8.78 Å². The number of para-hydroxylation sites is 2. The van der Waals surface area contributed by atoms with Crippen LogP contribution in [-0.2, 0) is 6.54 Å². The van der Waals surface area contributed by atoms with Gasteiger partial charge in [-0.15, -0.1) is 0 Å². The Morgan fingerprint density at radius 1 is 0.944 bits per heavy atom. The Kier molecular flexibility index (Phi) is 3.32. The molecule has 0 aromatic heterocycles. The third kappa shape index (κ3) is 2.34. The number of phenolic OH excluding ortho intramolecular Hbond substituents is 2. The first kappa shape index (κ1) is 12.2. The maximum absolute atomic E-state index is 13.3. The van der Waals surface area contributed by atoms with Crippen molar-refractivity contribution in [2.75, 3.05) is 5.32 Å². The van der Waals surface area contributed by atoms with E-state index in [1.54, 1.807) is 6.07 Å². The van der Waals surface area contributed by atoms with E-state index in [0.717, 1.165) is 12.1 Å². The molecule has 0 aliphatic heterocycles. The van der Waals surface area contributed by atoms with E-state index in [-0.39, 0.29) is 23.7 Å². The van der Waals surface area contributed by atoms with Crippen LogP contribution >= 0.6 is 0 Å². The molecule has 0 aliphatic carbocycles. The Morgan fingerprint density at radius 3 is 2.22 bits per heavy atom. The van der Waals surface area contributed by atoms with E-state index in [0.29, 0.717) is 5.56 Å². The Bertz CT molecular complexity index is 553. The summed E-state index contributed by atoms with van der Waals surface area (Å²) >= 11 is 0. The molecule has 0 fully saturated rings. The molecule has 0 aliphatic rings. The lowest BCUT2D eigenvalue weighted by Gasteiger charge is -2.10. The first-order valence-electron chi connectivity index (χ1n) is 5.27. The van der Waals surface area contributed by atoms with Gasteiger partial charge >= 0.3 is 0 Å². The van der Waals surface area contributed by atoms with E-state index in [4.69, 9.17) is 0 Å². The van der Waals surface area contributed by atoms with Gasteiger partial charge in [-0.05, 0) is 18.2 Å². The Morgan fingerprint density at radius 2 is 1.56 bits per heavy atom. The molecule has 2 rings (SSSR count). The predicted molar refractivity (Wildman–Crippen MR) is 63.5 cm³/mol. The number of hydrogen-bond donors (Lipinski definition) is 3. The van der Waals surface area contributed by atoms with Gasteiger partial charge in [-0.3, -0.25) is 0 Å². The molecule has 94 valence electrons. The van der Waals surface area contributed by atoms with Gasteiger partial charge in [-0.2, -0.15) is 0 Å². The standard InChI is InChI=1S/C13H11F2NO2/c14-9-4-2-5-10(15)12(9)16-7-8-3-1-6-11(17)13(8)18/h1-6,16-18H,7H2. The summed E-state index contributed by atoms with van der Waals surface area (Å²) in [6, 6.07) is 7.93. The first-order chi connectivity index (χ1) is 8.59. The van der Waals surface area contributed by atoms with Crippen LogP contribution in [0.15, 0.2) is 36.4 Å². The van der Waals surface area contributed by atoms with Crippen LogP contribution in [-0.4, -0.2) is 10.2 Å². The second-order valence-corrected chi connectivity index (χ2v) is 3.74. The Balaban J connectivity index is 2.19. The van der Waals surface area contributed by atoms with Crippen LogP contribution in [0.1, 0.15) is 5.56 Å². The average molecular weight is 251 g/mol. The smallest absolute Gasteiger partial charge is 0.162 e. The number of rotatable bonds is 3. The van der Waals surface area contributed by atoms with Crippen molar-refractivity contribution in [1.29, 1.82) is 0 Å². The Labute approximate surface area is 102 Å². The molecule has 0 saturated heterocycles. The summed E-state index contributed by atoms with van der Waals surface area (Å²) in [7, 11) is 0. The number of halogens is 2. The average Bonchev–Trinajstić information content (AvgIpc) is 2.33. The minimum atomic E-state index is -0.713. The fraction of sp³-hybridized carbons (Fsp3) is 0.0769. The van der Waals surface area contributed by atoms with E-state index in [9.17, 15) is 19.0 Å². The SMILES string of the molecule is Oc1cccc(CNc2c(F)cccc2F)c1O. The molecule has 0 bridgehead atoms. The van der Waals surface area contributed by atoms with Crippen LogP contribution in [0.5, 0.6) is 11.5 Å². The van der Waals surface area contributed by atoms with Gasteiger partial charge in [0.1, 0.15) is 17.3 Å². The van der Waals surface area contributed by atoms with Crippen molar-refractivity contribution >= 4 is 5.69 Å². The molecule has 3 nitrogen and oxygen atoms in total. The quantitative estimate of drug-likeness (QED) is 0.735. The highest BCUT2D eigenvalue weighted by Crippen LogP contribution is 2.29. The normalized spacial score (nSPS) is 10.3. The van der Waals surface area contributed by atoms with Crippen molar-refractivity contribution in [3.63, 3.8) is 0 Å². The largest absolute Gasteiger partial charge is 0.504 e. The number of hydrogen-bond acceptors (Lipinski definition) is 3. The van der Waals surface area contributed by atoms with Crippen LogP contribution < -0.4 is 5.32 Å². The second kappa shape index (κ2) is 4.91. The minimum absolute atomic E-state index is 0.00190. The van der Waals surface area contributed by atoms with Crippen LogP contribution in [0.25, 0.3) is 0 Å². The highest BCUT2D eigenvalue weighted by Gasteiger charge is 2.10. The maximum atomic E-state index is 13.3.